The number of benzene rings is 1. The highest BCUT2D eigenvalue weighted by Gasteiger charge is 2.25. The summed E-state index contributed by atoms with van der Waals surface area (Å²) in [5.41, 5.74) is 2.11. The fourth-order valence-electron chi connectivity index (χ4n) is 1.39. The van der Waals surface area contributed by atoms with Crippen LogP contribution in [-0.2, 0) is 9.47 Å². The van der Waals surface area contributed by atoms with Gasteiger partial charge in [-0.15, -0.1) is 0 Å². The van der Waals surface area contributed by atoms with E-state index in [1.165, 1.54) is 0 Å². The van der Waals surface area contributed by atoms with Crippen LogP contribution in [0.15, 0.2) is 30.8 Å². The lowest BCUT2D eigenvalue weighted by atomic mass is 10.1. The van der Waals surface area contributed by atoms with Crippen LogP contribution in [0.1, 0.15) is 17.4 Å². The third kappa shape index (κ3) is 0.924. The Morgan fingerprint density at radius 3 is 2.92 bits per heavy atom. The van der Waals surface area contributed by atoms with E-state index in [0.717, 1.165) is 11.1 Å². The molecule has 2 nitrogen and oxygen atoms in total. The SMILES string of the molecule is C=C1OC(OC)c2ccccc21. The van der Waals surface area contributed by atoms with Crippen LogP contribution in [0.3, 0.4) is 0 Å². The highest BCUT2D eigenvalue weighted by molar-refractivity contribution is 5.64. The molecule has 0 aromatic heterocycles. The highest BCUT2D eigenvalue weighted by atomic mass is 16.7. The van der Waals surface area contributed by atoms with Gasteiger partial charge >= 0.3 is 0 Å². The van der Waals surface area contributed by atoms with Gasteiger partial charge in [-0.3, -0.25) is 0 Å². The van der Waals surface area contributed by atoms with Gasteiger partial charge in [0, 0.05) is 18.2 Å². The Hall–Kier alpha value is -1.28. The summed E-state index contributed by atoms with van der Waals surface area (Å²) in [6.45, 7) is 3.79. The van der Waals surface area contributed by atoms with E-state index in [1.807, 2.05) is 24.3 Å². The fraction of sp³-hybridized carbons (Fsp3) is 0.200. The zero-order valence-electron chi connectivity index (χ0n) is 6.91. The Bertz CT molecular complexity index is 317. The van der Waals surface area contributed by atoms with Gasteiger partial charge in [-0.25, -0.2) is 0 Å². The number of hydrogen-bond acceptors (Lipinski definition) is 2. The zero-order chi connectivity index (χ0) is 8.55. The average molecular weight is 162 g/mol. The molecule has 1 aromatic carbocycles. The van der Waals surface area contributed by atoms with Crippen molar-refractivity contribution in [2.45, 2.75) is 6.29 Å². The molecule has 1 aliphatic rings. The number of fused-ring (bicyclic) bond motifs is 1. The molecule has 0 saturated heterocycles. The van der Waals surface area contributed by atoms with Gasteiger partial charge < -0.3 is 9.47 Å². The maximum Gasteiger partial charge on any atom is 0.227 e. The second-order valence-corrected chi connectivity index (χ2v) is 2.70. The van der Waals surface area contributed by atoms with Crippen LogP contribution in [0.5, 0.6) is 0 Å². The number of ether oxygens (including phenoxy) is 2. The molecule has 1 atom stereocenters. The molecule has 1 heterocycles. The topological polar surface area (TPSA) is 18.5 Å². The maximum absolute atomic E-state index is 5.36. The Labute approximate surface area is 71.4 Å². The largest absolute Gasteiger partial charge is 0.461 e. The summed E-state index contributed by atoms with van der Waals surface area (Å²) in [6.07, 6.45) is -0.270. The van der Waals surface area contributed by atoms with Crippen molar-refractivity contribution in [3.63, 3.8) is 0 Å². The van der Waals surface area contributed by atoms with Crippen molar-refractivity contribution < 1.29 is 9.47 Å². The molecule has 0 spiro atoms. The highest BCUT2D eigenvalue weighted by Crippen LogP contribution is 2.36. The molecular weight excluding hydrogens is 152 g/mol. The third-order valence-corrected chi connectivity index (χ3v) is 1.98. The van der Waals surface area contributed by atoms with Gasteiger partial charge in [-0.1, -0.05) is 30.8 Å². The molecule has 0 saturated carbocycles. The van der Waals surface area contributed by atoms with Crippen molar-refractivity contribution in [1.82, 2.24) is 0 Å². The lowest BCUT2D eigenvalue weighted by Crippen LogP contribution is -1.96. The number of hydrogen-bond donors (Lipinski definition) is 0. The minimum Gasteiger partial charge on any atom is -0.461 e. The summed E-state index contributed by atoms with van der Waals surface area (Å²) in [5.74, 6) is 0.692. The van der Waals surface area contributed by atoms with E-state index in [-0.39, 0.29) is 6.29 Å². The van der Waals surface area contributed by atoms with Crippen LogP contribution in [-0.4, -0.2) is 7.11 Å². The Kier molecular flexibility index (Phi) is 1.62. The van der Waals surface area contributed by atoms with E-state index < -0.39 is 0 Å². The standard InChI is InChI=1S/C10H10O2/c1-7-8-5-3-4-6-9(8)10(11-2)12-7/h3-6,10H,1H2,2H3. The van der Waals surface area contributed by atoms with Gasteiger partial charge in [0.2, 0.25) is 6.29 Å². The van der Waals surface area contributed by atoms with Crippen molar-refractivity contribution >= 4 is 5.76 Å². The monoisotopic (exact) mass is 162 g/mol. The van der Waals surface area contributed by atoms with Crippen LogP contribution in [0.4, 0.5) is 0 Å². The first-order chi connectivity index (χ1) is 5.83. The predicted molar refractivity (Wildman–Crippen MR) is 46.3 cm³/mol. The molecule has 2 rings (SSSR count). The van der Waals surface area contributed by atoms with Crippen molar-refractivity contribution in [1.29, 1.82) is 0 Å². The molecule has 1 aliphatic heterocycles. The van der Waals surface area contributed by atoms with Gasteiger partial charge in [-0.05, 0) is 0 Å². The van der Waals surface area contributed by atoms with Crippen LogP contribution in [0.2, 0.25) is 0 Å². The molecular formula is C10H10O2. The molecule has 0 amide bonds. The quantitative estimate of drug-likeness (QED) is 0.631. The van der Waals surface area contributed by atoms with Crippen LogP contribution < -0.4 is 0 Å². The van der Waals surface area contributed by atoms with Crippen molar-refractivity contribution in [3.8, 4) is 0 Å². The van der Waals surface area contributed by atoms with Crippen molar-refractivity contribution in [2.24, 2.45) is 0 Å². The molecule has 0 fully saturated rings. The first kappa shape index (κ1) is 7.37. The predicted octanol–water partition coefficient (Wildman–Crippen LogP) is 2.33. The van der Waals surface area contributed by atoms with Crippen molar-refractivity contribution in [3.05, 3.63) is 42.0 Å². The lowest BCUT2D eigenvalue weighted by molar-refractivity contribution is -0.0647. The first-order valence-corrected chi connectivity index (χ1v) is 3.80. The minimum atomic E-state index is -0.270. The van der Waals surface area contributed by atoms with E-state index in [4.69, 9.17) is 9.47 Å². The van der Waals surface area contributed by atoms with Crippen LogP contribution in [0.25, 0.3) is 5.76 Å². The molecule has 2 heteroatoms. The van der Waals surface area contributed by atoms with Gasteiger partial charge in [-0.2, -0.15) is 0 Å². The Morgan fingerprint density at radius 1 is 1.42 bits per heavy atom. The van der Waals surface area contributed by atoms with Crippen LogP contribution in [0, 0.1) is 0 Å². The van der Waals surface area contributed by atoms with E-state index in [2.05, 4.69) is 6.58 Å². The van der Waals surface area contributed by atoms with Gasteiger partial charge in [0.25, 0.3) is 0 Å². The summed E-state index contributed by atoms with van der Waals surface area (Å²) in [7, 11) is 1.63. The smallest absolute Gasteiger partial charge is 0.227 e. The summed E-state index contributed by atoms with van der Waals surface area (Å²) in [6, 6.07) is 7.90. The molecule has 1 unspecified atom stereocenters. The van der Waals surface area contributed by atoms with E-state index in [0.29, 0.717) is 5.76 Å². The normalized spacial score (nSPS) is 20.4. The lowest BCUT2D eigenvalue weighted by Gasteiger charge is -2.07. The summed E-state index contributed by atoms with van der Waals surface area (Å²) in [4.78, 5) is 0. The van der Waals surface area contributed by atoms with Gasteiger partial charge in [0.05, 0.1) is 0 Å². The zero-order valence-corrected chi connectivity index (χ0v) is 6.91. The number of rotatable bonds is 1. The first-order valence-electron chi connectivity index (χ1n) is 3.80. The molecule has 62 valence electrons. The second kappa shape index (κ2) is 2.64. The maximum atomic E-state index is 5.36. The third-order valence-electron chi connectivity index (χ3n) is 1.98. The van der Waals surface area contributed by atoms with Gasteiger partial charge in [0.15, 0.2) is 0 Å². The Balaban J connectivity index is 2.50. The van der Waals surface area contributed by atoms with E-state index in [1.54, 1.807) is 7.11 Å². The number of methoxy groups -OCH3 is 1. The molecule has 12 heavy (non-hydrogen) atoms. The minimum absolute atomic E-state index is 0.270. The summed E-state index contributed by atoms with van der Waals surface area (Å²) < 4.78 is 10.5. The molecule has 0 N–H and O–H groups in total. The Morgan fingerprint density at radius 2 is 2.17 bits per heavy atom. The summed E-state index contributed by atoms with van der Waals surface area (Å²) in [5, 5.41) is 0. The molecule has 0 bridgehead atoms. The van der Waals surface area contributed by atoms with Gasteiger partial charge in [0.1, 0.15) is 5.76 Å². The van der Waals surface area contributed by atoms with E-state index in [9.17, 15) is 0 Å². The van der Waals surface area contributed by atoms with E-state index >= 15 is 0 Å². The summed E-state index contributed by atoms with van der Waals surface area (Å²) >= 11 is 0. The second-order valence-electron chi connectivity index (χ2n) is 2.70. The molecule has 1 aromatic rings. The fourth-order valence-corrected chi connectivity index (χ4v) is 1.39. The molecule has 0 radical (unpaired) electrons. The molecule has 0 aliphatic carbocycles. The van der Waals surface area contributed by atoms with Crippen molar-refractivity contribution in [2.75, 3.05) is 7.11 Å². The van der Waals surface area contributed by atoms with Crippen LogP contribution >= 0.6 is 0 Å². The average Bonchev–Trinajstić information content (AvgIpc) is 2.44.